The molecule has 7 heteroatoms. The van der Waals surface area contributed by atoms with E-state index >= 15 is 0 Å². The lowest BCUT2D eigenvalue weighted by molar-refractivity contribution is 0.102. The van der Waals surface area contributed by atoms with E-state index in [9.17, 15) is 9.90 Å². The summed E-state index contributed by atoms with van der Waals surface area (Å²) in [4.78, 5) is 16.9. The summed E-state index contributed by atoms with van der Waals surface area (Å²) in [6, 6.07) is 17.5. The first-order valence-corrected chi connectivity index (χ1v) is 10.3. The summed E-state index contributed by atoms with van der Waals surface area (Å²) < 4.78 is 7.51. The highest BCUT2D eigenvalue weighted by Gasteiger charge is 2.20. The number of aliphatic hydroxyl groups is 1. The van der Waals surface area contributed by atoms with E-state index in [0.29, 0.717) is 17.7 Å². The molecule has 1 amide bonds. The quantitative estimate of drug-likeness (QED) is 0.440. The molecule has 7 nitrogen and oxygen atoms in total. The summed E-state index contributed by atoms with van der Waals surface area (Å²) in [7, 11) is 1.64. The minimum Gasteiger partial charge on any atom is -0.495 e. The van der Waals surface area contributed by atoms with Gasteiger partial charge in [-0.1, -0.05) is 18.2 Å². The number of rotatable bonds is 5. The van der Waals surface area contributed by atoms with Gasteiger partial charge in [0.2, 0.25) is 0 Å². The summed E-state index contributed by atoms with van der Waals surface area (Å²) >= 11 is 0. The minimum atomic E-state index is -0.174. The fourth-order valence-electron chi connectivity index (χ4n) is 3.92. The molecule has 0 fully saturated rings. The van der Waals surface area contributed by atoms with Crippen LogP contribution in [0.25, 0.3) is 16.8 Å². The zero-order valence-corrected chi connectivity index (χ0v) is 17.5. The fourth-order valence-corrected chi connectivity index (χ4v) is 3.92. The molecule has 1 aliphatic heterocycles. The van der Waals surface area contributed by atoms with Crippen LogP contribution >= 0.6 is 0 Å². The Morgan fingerprint density at radius 1 is 0.969 bits per heavy atom. The third kappa shape index (κ3) is 3.59. The highest BCUT2D eigenvalue weighted by atomic mass is 16.5. The smallest absolute Gasteiger partial charge is 0.257 e. The molecule has 1 aromatic heterocycles. The van der Waals surface area contributed by atoms with E-state index in [0.717, 1.165) is 39.5 Å². The summed E-state index contributed by atoms with van der Waals surface area (Å²) in [6.07, 6.45) is 5.86. The molecule has 32 heavy (non-hydrogen) atoms. The van der Waals surface area contributed by atoms with Crippen molar-refractivity contribution < 1.29 is 14.6 Å². The number of fused-ring (bicyclic) bond motifs is 2. The number of methoxy groups -OCH3 is 1. The van der Waals surface area contributed by atoms with Crippen molar-refractivity contribution >= 4 is 23.0 Å². The van der Waals surface area contributed by atoms with Gasteiger partial charge >= 0.3 is 0 Å². The van der Waals surface area contributed by atoms with Gasteiger partial charge in [0.15, 0.2) is 0 Å². The number of ether oxygens (including phenoxy) is 1. The average molecular weight is 426 g/mol. The van der Waals surface area contributed by atoms with Crippen molar-refractivity contribution in [2.45, 2.75) is 6.42 Å². The number of benzene rings is 3. The number of carbonyl (C=O) groups is 1. The molecule has 0 saturated carbocycles. The van der Waals surface area contributed by atoms with Crippen LogP contribution in [0.15, 0.2) is 73.3 Å². The van der Waals surface area contributed by atoms with Crippen LogP contribution in [0.2, 0.25) is 0 Å². The van der Waals surface area contributed by atoms with Crippen molar-refractivity contribution in [2.75, 3.05) is 24.4 Å². The molecular formula is C25H22N4O3. The molecule has 4 aromatic rings. The van der Waals surface area contributed by atoms with Crippen LogP contribution < -0.4 is 15.4 Å². The number of imidazole rings is 1. The maximum Gasteiger partial charge on any atom is 0.257 e. The van der Waals surface area contributed by atoms with Crippen LogP contribution in [-0.2, 0) is 6.42 Å². The van der Waals surface area contributed by atoms with E-state index in [-0.39, 0.29) is 12.5 Å². The van der Waals surface area contributed by atoms with Gasteiger partial charge in [-0.15, -0.1) is 0 Å². The highest BCUT2D eigenvalue weighted by molar-refractivity contribution is 6.12. The number of nitrogens with one attached hydrogen (secondary N) is 2. The molecule has 0 unspecified atom stereocenters. The summed E-state index contributed by atoms with van der Waals surface area (Å²) in [5.74, 6) is 0.551. The van der Waals surface area contributed by atoms with Crippen LogP contribution in [0.1, 0.15) is 15.9 Å². The van der Waals surface area contributed by atoms with Crippen molar-refractivity contribution in [1.82, 2.24) is 9.55 Å². The summed E-state index contributed by atoms with van der Waals surface area (Å²) in [5, 5.41) is 15.6. The van der Waals surface area contributed by atoms with Crippen molar-refractivity contribution in [3.05, 3.63) is 84.4 Å². The van der Waals surface area contributed by atoms with E-state index in [2.05, 4.69) is 15.6 Å². The minimum absolute atomic E-state index is 0.0623. The standard InChI is InChI=1S/C25H22N4O3/c1-32-24-14-18(4-7-23(24)29-10-9-26-15-29)17-3-5-19-21(13-17)27-20-6-2-16(8-11-30)12-22(20)28-25(19)31/h2-7,9-10,12-15,27,30H,8,11H2,1H3,(H,28,31). The fraction of sp³-hybridized carbons (Fsp3) is 0.120. The monoisotopic (exact) mass is 426 g/mol. The lowest BCUT2D eigenvalue weighted by Gasteiger charge is -2.13. The summed E-state index contributed by atoms with van der Waals surface area (Å²) in [6.45, 7) is 0.0623. The van der Waals surface area contributed by atoms with Crippen molar-refractivity contribution in [3.63, 3.8) is 0 Å². The van der Waals surface area contributed by atoms with Crippen LogP contribution in [0.4, 0.5) is 17.1 Å². The molecule has 0 radical (unpaired) electrons. The Kier molecular flexibility index (Phi) is 5.09. The molecule has 160 valence electrons. The first-order valence-electron chi connectivity index (χ1n) is 10.3. The lowest BCUT2D eigenvalue weighted by Crippen LogP contribution is -2.11. The third-order valence-electron chi connectivity index (χ3n) is 5.56. The molecule has 0 saturated heterocycles. The maximum atomic E-state index is 12.8. The van der Waals surface area contributed by atoms with E-state index in [1.54, 1.807) is 19.6 Å². The Bertz CT molecular complexity index is 1300. The zero-order chi connectivity index (χ0) is 22.1. The Morgan fingerprint density at radius 3 is 2.59 bits per heavy atom. The SMILES string of the molecule is COc1cc(-c2ccc3c(c2)Nc2ccc(CCO)cc2NC3=O)ccc1-n1ccnc1. The Labute approximate surface area is 185 Å². The van der Waals surface area contributed by atoms with Crippen LogP contribution in [0.3, 0.4) is 0 Å². The van der Waals surface area contributed by atoms with Gasteiger partial charge in [-0.2, -0.15) is 0 Å². The van der Waals surface area contributed by atoms with Gasteiger partial charge in [-0.3, -0.25) is 4.79 Å². The van der Waals surface area contributed by atoms with Gasteiger partial charge in [0.1, 0.15) is 5.75 Å². The molecule has 0 bridgehead atoms. The van der Waals surface area contributed by atoms with Crippen molar-refractivity contribution in [2.24, 2.45) is 0 Å². The van der Waals surface area contributed by atoms with Crippen molar-refractivity contribution in [3.8, 4) is 22.6 Å². The van der Waals surface area contributed by atoms with E-state index in [1.165, 1.54) is 0 Å². The number of hydrogen-bond acceptors (Lipinski definition) is 5. The second-order valence-corrected chi connectivity index (χ2v) is 7.55. The maximum absolute atomic E-state index is 12.8. The first-order chi connectivity index (χ1) is 15.7. The van der Waals surface area contributed by atoms with Crippen LogP contribution in [0, 0.1) is 0 Å². The molecule has 1 aliphatic rings. The number of hydrogen-bond donors (Lipinski definition) is 3. The van der Waals surface area contributed by atoms with Gasteiger partial charge in [0.05, 0.1) is 41.8 Å². The second-order valence-electron chi connectivity index (χ2n) is 7.55. The first kappa shape index (κ1) is 19.8. The predicted molar refractivity (Wildman–Crippen MR) is 124 cm³/mol. The molecule has 0 atom stereocenters. The van der Waals surface area contributed by atoms with Crippen molar-refractivity contribution in [1.29, 1.82) is 0 Å². The Hall–Kier alpha value is -4.10. The normalized spacial score (nSPS) is 12.2. The zero-order valence-electron chi connectivity index (χ0n) is 17.5. The second kappa shape index (κ2) is 8.20. The number of aliphatic hydroxyl groups excluding tert-OH is 1. The Balaban J connectivity index is 1.52. The van der Waals surface area contributed by atoms with Gasteiger partial charge in [-0.25, -0.2) is 4.98 Å². The van der Waals surface area contributed by atoms with E-state index in [1.807, 2.05) is 65.4 Å². The Morgan fingerprint density at radius 2 is 1.81 bits per heavy atom. The number of aromatic nitrogens is 2. The predicted octanol–water partition coefficient (Wildman–Crippen LogP) is 4.39. The summed E-state index contributed by atoms with van der Waals surface area (Å²) in [5.41, 5.74) is 6.59. The van der Waals surface area contributed by atoms with Gasteiger partial charge in [0, 0.05) is 19.0 Å². The molecular weight excluding hydrogens is 404 g/mol. The van der Waals surface area contributed by atoms with E-state index in [4.69, 9.17) is 4.74 Å². The molecule has 5 rings (SSSR count). The van der Waals surface area contributed by atoms with Crippen LogP contribution in [0.5, 0.6) is 5.75 Å². The number of anilines is 3. The molecule has 2 heterocycles. The lowest BCUT2D eigenvalue weighted by atomic mass is 10.0. The topological polar surface area (TPSA) is 88.4 Å². The number of carbonyl (C=O) groups excluding carboxylic acids is 1. The molecule has 3 aromatic carbocycles. The average Bonchev–Trinajstić information content (AvgIpc) is 3.30. The van der Waals surface area contributed by atoms with Crippen LogP contribution in [-0.4, -0.2) is 34.3 Å². The van der Waals surface area contributed by atoms with Gasteiger partial charge < -0.3 is 25.0 Å². The molecule has 3 N–H and O–H groups in total. The third-order valence-corrected chi connectivity index (χ3v) is 5.56. The van der Waals surface area contributed by atoms with E-state index < -0.39 is 0 Å². The van der Waals surface area contributed by atoms with Gasteiger partial charge in [0.25, 0.3) is 5.91 Å². The number of amides is 1. The number of nitrogens with zero attached hydrogens (tertiary/aromatic N) is 2. The van der Waals surface area contributed by atoms with Gasteiger partial charge in [-0.05, 0) is 59.5 Å². The highest BCUT2D eigenvalue weighted by Crippen LogP contribution is 2.36. The largest absolute Gasteiger partial charge is 0.495 e. The molecule has 0 aliphatic carbocycles. The molecule has 0 spiro atoms.